The maximum atomic E-state index is 12.1. The van der Waals surface area contributed by atoms with Crippen molar-refractivity contribution in [1.29, 1.82) is 0 Å². The van der Waals surface area contributed by atoms with E-state index in [2.05, 4.69) is 4.74 Å². The molecule has 0 spiro atoms. The van der Waals surface area contributed by atoms with Gasteiger partial charge in [-0.05, 0) is 12.0 Å². The summed E-state index contributed by atoms with van der Waals surface area (Å²) in [4.78, 5) is 35.1. The number of carbonyl (C=O) groups is 3. The third-order valence-electron chi connectivity index (χ3n) is 4.04. The van der Waals surface area contributed by atoms with Crippen LogP contribution in [0, 0.1) is 5.41 Å². The second-order valence-electron chi connectivity index (χ2n) is 5.43. The van der Waals surface area contributed by atoms with Gasteiger partial charge in [-0.3, -0.25) is 9.59 Å². The molecule has 2 aliphatic rings. The lowest BCUT2D eigenvalue weighted by Crippen LogP contribution is -2.47. The Balaban J connectivity index is 2.59. The molecule has 3 atom stereocenters. The molecule has 0 unspecified atom stereocenters. The Morgan fingerprint density at radius 1 is 1.41 bits per heavy atom. The number of hydrogen-bond acceptors (Lipinski definition) is 7. The minimum Gasteiger partial charge on any atom is -0.465 e. The molecule has 0 aromatic rings. The first-order valence-electron chi connectivity index (χ1n) is 6.87. The van der Waals surface area contributed by atoms with E-state index in [1.165, 1.54) is 13.0 Å². The van der Waals surface area contributed by atoms with Crippen LogP contribution in [0.15, 0.2) is 23.3 Å². The van der Waals surface area contributed by atoms with Crippen LogP contribution < -0.4 is 0 Å². The standard InChI is InChI=1S/C15H18O7/c1-8(16)22-7-15-5-3-9(17)11(14(20)21-2)12(15)13(19)10(18)4-6-15/h4,6,10,13,18-19H,3,5,7H2,1-2H3/t10-,13-,15-/m1/s1. The number of Topliss-reactive ketones (excluding diaryl/α,β-unsaturated/α-hetero) is 1. The fraction of sp³-hybridized carbons (Fsp3) is 0.533. The molecule has 2 rings (SSSR count). The average Bonchev–Trinajstić information content (AvgIpc) is 2.49. The molecule has 0 fully saturated rings. The highest BCUT2D eigenvalue weighted by Crippen LogP contribution is 2.46. The number of aliphatic hydroxyl groups excluding tert-OH is 2. The van der Waals surface area contributed by atoms with Gasteiger partial charge in [-0.2, -0.15) is 0 Å². The third kappa shape index (κ3) is 2.69. The Morgan fingerprint density at radius 3 is 2.68 bits per heavy atom. The average molecular weight is 310 g/mol. The van der Waals surface area contributed by atoms with E-state index in [4.69, 9.17) is 4.74 Å². The maximum absolute atomic E-state index is 12.1. The highest BCUT2D eigenvalue weighted by Gasteiger charge is 2.49. The molecule has 0 amide bonds. The third-order valence-corrected chi connectivity index (χ3v) is 4.04. The van der Waals surface area contributed by atoms with E-state index >= 15 is 0 Å². The molecule has 2 N–H and O–H groups in total. The van der Waals surface area contributed by atoms with Crippen molar-refractivity contribution in [3.8, 4) is 0 Å². The predicted molar refractivity (Wildman–Crippen MR) is 73.5 cm³/mol. The lowest BCUT2D eigenvalue weighted by molar-refractivity contribution is -0.143. The van der Waals surface area contributed by atoms with Crippen LogP contribution in [0.1, 0.15) is 19.8 Å². The van der Waals surface area contributed by atoms with Gasteiger partial charge in [0.2, 0.25) is 0 Å². The first-order chi connectivity index (χ1) is 10.3. The number of aliphatic hydroxyl groups is 2. The number of esters is 2. The van der Waals surface area contributed by atoms with Crippen LogP contribution in [0.25, 0.3) is 0 Å². The Hall–Kier alpha value is -1.99. The highest BCUT2D eigenvalue weighted by molar-refractivity contribution is 6.19. The molecule has 0 radical (unpaired) electrons. The van der Waals surface area contributed by atoms with Gasteiger partial charge < -0.3 is 19.7 Å². The molecular weight excluding hydrogens is 292 g/mol. The second kappa shape index (κ2) is 6.02. The van der Waals surface area contributed by atoms with Gasteiger partial charge in [-0.25, -0.2) is 4.79 Å². The van der Waals surface area contributed by atoms with Crippen LogP contribution >= 0.6 is 0 Å². The van der Waals surface area contributed by atoms with Gasteiger partial charge in [0.15, 0.2) is 5.78 Å². The topological polar surface area (TPSA) is 110 Å². The monoisotopic (exact) mass is 310 g/mol. The van der Waals surface area contributed by atoms with E-state index in [-0.39, 0.29) is 30.6 Å². The number of hydrogen-bond donors (Lipinski definition) is 2. The smallest absolute Gasteiger partial charge is 0.341 e. The van der Waals surface area contributed by atoms with Crippen molar-refractivity contribution in [2.45, 2.75) is 32.0 Å². The molecule has 7 heteroatoms. The van der Waals surface area contributed by atoms with Crippen LogP contribution in [0.5, 0.6) is 0 Å². The van der Waals surface area contributed by atoms with Crippen molar-refractivity contribution in [2.24, 2.45) is 5.41 Å². The zero-order valence-corrected chi connectivity index (χ0v) is 12.4. The summed E-state index contributed by atoms with van der Waals surface area (Å²) < 4.78 is 9.66. The summed E-state index contributed by atoms with van der Waals surface area (Å²) in [6.45, 7) is 1.12. The van der Waals surface area contributed by atoms with E-state index in [1.807, 2.05) is 0 Å². The first-order valence-corrected chi connectivity index (χ1v) is 6.87. The largest absolute Gasteiger partial charge is 0.465 e. The molecule has 0 heterocycles. The number of ketones is 1. The Labute approximate surface area is 127 Å². The van der Waals surface area contributed by atoms with E-state index in [1.54, 1.807) is 6.08 Å². The van der Waals surface area contributed by atoms with Gasteiger partial charge >= 0.3 is 11.9 Å². The SMILES string of the molecule is COC(=O)C1=C2[C@H](O)[C@H](O)C=C[C@@]2(COC(C)=O)CCC1=O. The zero-order chi connectivity index (χ0) is 16.5. The molecule has 0 aromatic carbocycles. The lowest BCUT2D eigenvalue weighted by atomic mass is 9.64. The van der Waals surface area contributed by atoms with Crippen LogP contribution in [-0.2, 0) is 23.9 Å². The normalized spacial score (nSPS) is 30.8. The summed E-state index contributed by atoms with van der Waals surface area (Å²) in [7, 11) is 1.13. The van der Waals surface area contributed by atoms with Crippen molar-refractivity contribution < 1.29 is 34.1 Å². The molecule has 0 bridgehead atoms. The summed E-state index contributed by atoms with van der Waals surface area (Å²) >= 11 is 0. The predicted octanol–water partition coefficient (Wildman–Crippen LogP) is -0.340. The molecule has 120 valence electrons. The molecule has 0 aromatic heterocycles. The second-order valence-corrected chi connectivity index (χ2v) is 5.43. The van der Waals surface area contributed by atoms with Crippen molar-refractivity contribution in [1.82, 2.24) is 0 Å². The van der Waals surface area contributed by atoms with Crippen molar-refractivity contribution in [3.05, 3.63) is 23.3 Å². The number of ether oxygens (including phenoxy) is 2. The van der Waals surface area contributed by atoms with E-state index in [9.17, 15) is 24.6 Å². The van der Waals surface area contributed by atoms with Crippen molar-refractivity contribution in [3.63, 3.8) is 0 Å². The number of rotatable bonds is 3. The number of carbonyl (C=O) groups excluding carboxylic acids is 3. The molecule has 0 saturated carbocycles. The number of fused-ring (bicyclic) bond motifs is 1. The maximum Gasteiger partial charge on any atom is 0.341 e. The van der Waals surface area contributed by atoms with Gasteiger partial charge in [-0.1, -0.05) is 12.2 Å². The molecule has 0 aliphatic heterocycles. The van der Waals surface area contributed by atoms with Crippen molar-refractivity contribution >= 4 is 17.7 Å². The Morgan fingerprint density at radius 2 is 2.09 bits per heavy atom. The molecular formula is C15H18O7. The minimum atomic E-state index is -1.43. The number of methoxy groups -OCH3 is 1. The van der Waals surface area contributed by atoms with Gasteiger partial charge in [-0.15, -0.1) is 0 Å². The van der Waals surface area contributed by atoms with E-state index in [0.717, 1.165) is 7.11 Å². The molecule has 2 aliphatic carbocycles. The fourth-order valence-corrected chi connectivity index (χ4v) is 2.92. The quantitative estimate of drug-likeness (QED) is 0.417. The fourth-order valence-electron chi connectivity index (χ4n) is 2.92. The molecule has 7 nitrogen and oxygen atoms in total. The van der Waals surface area contributed by atoms with Gasteiger partial charge in [0.05, 0.1) is 7.11 Å². The molecule has 0 saturated heterocycles. The summed E-state index contributed by atoms with van der Waals surface area (Å²) in [6, 6.07) is 0. The van der Waals surface area contributed by atoms with E-state index in [0.29, 0.717) is 0 Å². The van der Waals surface area contributed by atoms with Gasteiger partial charge in [0.1, 0.15) is 24.4 Å². The first kappa shape index (κ1) is 16.4. The summed E-state index contributed by atoms with van der Waals surface area (Å²) in [5.41, 5.74) is -1.19. The van der Waals surface area contributed by atoms with Crippen LogP contribution in [-0.4, -0.2) is 53.9 Å². The van der Waals surface area contributed by atoms with Crippen molar-refractivity contribution in [2.75, 3.05) is 13.7 Å². The summed E-state index contributed by atoms with van der Waals surface area (Å²) in [6.07, 6.45) is 0.614. The van der Waals surface area contributed by atoms with Crippen LogP contribution in [0.4, 0.5) is 0 Å². The van der Waals surface area contributed by atoms with Crippen LogP contribution in [0.2, 0.25) is 0 Å². The summed E-state index contributed by atoms with van der Waals surface area (Å²) in [5.74, 6) is -1.84. The van der Waals surface area contributed by atoms with Gasteiger partial charge in [0.25, 0.3) is 0 Å². The molecule has 22 heavy (non-hydrogen) atoms. The highest BCUT2D eigenvalue weighted by atomic mass is 16.5. The minimum absolute atomic E-state index is 0.0579. The Bertz CT molecular complexity index is 574. The lowest BCUT2D eigenvalue weighted by Gasteiger charge is -2.42. The van der Waals surface area contributed by atoms with Crippen LogP contribution in [0.3, 0.4) is 0 Å². The van der Waals surface area contributed by atoms with Gasteiger partial charge in [0, 0.05) is 18.8 Å². The zero-order valence-electron chi connectivity index (χ0n) is 12.4. The van der Waals surface area contributed by atoms with E-state index < -0.39 is 35.3 Å². The Kier molecular flexibility index (Phi) is 4.48. The summed E-state index contributed by atoms with van der Waals surface area (Å²) in [5, 5.41) is 20.1.